The number of para-hydroxylation sites is 4. The highest BCUT2D eigenvalue weighted by Crippen LogP contribution is 2.44. The van der Waals surface area contributed by atoms with Crippen molar-refractivity contribution in [3.05, 3.63) is 182 Å². The van der Waals surface area contributed by atoms with Crippen molar-refractivity contribution in [2.24, 2.45) is 0 Å². The molecule has 3 heterocycles. The molecule has 11 rings (SSSR count). The molecule has 2 nitrogen and oxygen atoms in total. The highest BCUT2D eigenvalue weighted by molar-refractivity contribution is 7.25. The lowest BCUT2D eigenvalue weighted by atomic mass is 9.97. The average Bonchev–Trinajstić information content (AvgIpc) is 3.85. The Hall–Kier alpha value is -6.42. The topological polar surface area (TPSA) is 9.86 Å². The summed E-state index contributed by atoms with van der Waals surface area (Å²) in [5.74, 6) is 0. The zero-order chi connectivity index (χ0) is 33.5. The normalized spacial score (nSPS) is 11.9. The fourth-order valence-electron chi connectivity index (χ4n) is 8.31. The minimum Gasteiger partial charge on any atom is -0.309 e. The van der Waals surface area contributed by atoms with Crippen molar-refractivity contribution in [2.45, 2.75) is 0 Å². The van der Waals surface area contributed by atoms with E-state index in [1.54, 1.807) is 0 Å². The van der Waals surface area contributed by atoms with Crippen molar-refractivity contribution in [3.63, 3.8) is 0 Å². The van der Waals surface area contributed by atoms with Gasteiger partial charge in [-0.15, -0.1) is 11.3 Å². The van der Waals surface area contributed by atoms with E-state index in [-0.39, 0.29) is 0 Å². The predicted molar refractivity (Wildman–Crippen MR) is 219 cm³/mol. The van der Waals surface area contributed by atoms with E-state index in [1.807, 2.05) is 11.3 Å². The Balaban J connectivity index is 1.15. The Morgan fingerprint density at radius 2 is 0.922 bits per heavy atom. The Morgan fingerprint density at radius 1 is 0.333 bits per heavy atom. The molecule has 3 heteroatoms. The van der Waals surface area contributed by atoms with Gasteiger partial charge in [-0.1, -0.05) is 121 Å². The van der Waals surface area contributed by atoms with Gasteiger partial charge in [0, 0.05) is 53.0 Å². The van der Waals surface area contributed by atoms with E-state index in [0.29, 0.717) is 0 Å². The Bertz CT molecular complexity index is 3140. The predicted octanol–water partition coefficient (Wildman–Crippen LogP) is 13.6. The third-order valence-electron chi connectivity index (χ3n) is 10.5. The fraction of sp³-hybridized carbons (Fsp3) is 0. The maximum Gasteiger partial charge on any atom is 0.0547 e. The van der Waals surface area contributed by atoms with Crippen molar-refractivity contribution in [1.29, 1.82) is 0 Å². The van der Waals surface area contributed by atoms with E-state index < -0.39 is 0 Å². The summed E-state index contributed by atoms with van der Waals surface area (Å²) in [5, 5.41) is 7.68. The van der Waals surface area contributed by atoms with Gasteiger partial charge in [0.25, 0.3) is 0 Å². The average molecular weight is 667 g/mol. The third-order valence-corrected chi connectivity index (χ3v) is 11.7. The summed E-state index contributed by atoms with van der Waals surface area (Å²) in [5.41, 5.74) is 12.1. The van der Waals surface area contributed by atoms with Crippen LogP contribution in [-0.4, -0.2) is 9.13 Å². The van der Waals surface area contributed by atoms with Crippen molar-refractivity contribution in [2.75, 3.05) is 0 Å². The zero-order valence-corrected chi connectivity index (χ0v) is 28.4. The molecule has 0 aliphatic heterocycles. The fourth-order valence-corrected chi connectivity index (χ4v) is 9.45. The van der Waals surface area contributed by atoms with Crippen LogP contribution in [0.4, 0.5) is 0 Å². The number of rotatable bonds is 4. The SMILES string of the molecule is c1ccc(-n2c3ccccc3c3cc(-c4ccc5c6ccccc6n(-c6ccccc6-c6cccc7sc8ccccc8c67)c5c4)ccc32)cc1. The van der Waals surface area contributed by atoms with Gasteiger partial charge in [-0.3, -0.25) is 0 Å². The molecule has 0 bridgehead atoms. The lowest BCUT2D eigenvalue weighted by Crippen LogP contribution is -1.97. The van der Waals surface area contributed by atoms with Gasteiger partial charge in [0.15, 0.2) is 0 Å². The van der Waals surface area contributed by atoms with Crippen LogP contribution in [-0.2, 0) is 0 Å². The largest absolute Gasteiger partial charge is 0.309 e. The van der Waals surface area contributed by atoms with E-state index in [9.17, 15) is 0 Å². The molecule has 0 saturated heterocycles. The molecule has 0 atom stereocenters. The first-order valence-corrected chi connectivity index (χ1v) is 18.3. The molecule has 11 aromatic rings. The Kier molecular flexibility index (Phi) is 6.16. The van der Waals surface area contributed by atoms with Gasteiger partial charge in [0.05, 0.1) is 27.8 Å². The third kappa shape index (κ3) is 4.22. The summed E-state index contributed by atoms with van der Waals surface area (Å²) in [4.78, 5) is 0. The summed E-state index contributed by atoms with van der Waals surface area (Å²) < 4.78 is 7.50. The van der Waals surface area contributed by atoms with Crippen molar-refractivity contribution in [1.82, 2.24) is 9.13 Å². The summed E-state index contributed by atoms with van der Waals surface area (Å²) in [6, 6.07) is 66.7. The second-order valence-corrected chi connectivity index (χ2v) is 14.4. The Morgan fingerprint density at radius 3 is 1.78 bits per heavy atom. The second kappa shape index (κ2) is 11.0. The second-order valence-electron chi connectivity index (χ2n) is 13.3. The maximum atomic E-state index is 2.48. The Labute approximate surface area is 298 Å². The van der Waals surface area contributed by atoms with Gasteiger partial charge in [-0.05, 0) is 77.4 Å². The number of hydrogen-bond donors (Lipinski definition) is 0. The van der Waals surface area contributed by atoms with Crippen LogP contribution >= 0.6 is 11.3 Å². The molecule has 238 valence electrons. The first-order valence-electron chi connectivity index (χ1n) is 17.4. The molecule has 8 aromatic carbocycles. The highest BCUT2D eigenvalue weighted by atomic mass is 32.1. The smallest absolute Gasteiger partial charge is 0.0547 e. The summed E-state index contributed by atoms with van der Waals surface area (Å²) in [7, 11) is 0. The molecule has 0 aliphatic rings. The number of benzene rings is 8. The van der Waals surface area contributed by atoms with Crippen LogP contribution in [0.25, 0.3) is 97.4 Å². The molecule has 0 saturated carbocycles. The van der Waals surface area contributed by atoms with Crippen LogP contribution in [0.3, 0.4) is 0 Å². The van der Waals surface area contributed by atoms with Gasteiger partial charge in [-0.2, -0.15) is 0 Å². The molecule has 0 fully saturated rings. The van der Waals surface area contributed by atoms with Gasteiger partial charge >= 0.3 is 0 Å². The molecule has 51 heavy (non-hydrogen) atoms. The van der Waals surface area contributed by atoms with E-state index in [0.717, 1.165) is 0 Å². The lowest BCUT2D eigenvalue weighted by molar-refractivity contribution is 1.18. The number of hydrogen-bond acceptors (Lipinski definition) is 1. The van der Waals surface area contributed by atoms with Crippen LogP contribution in [0.2, 0.25) is 0 Å². The summed E-state index contributed by atoms with van der Waals surface area (Å²) in [6.07, 6.45) is 0. The summed E-state index contributed by atoms with van der Waals surface area (Å²) in [6.45, 7) is 0. The van der Waals surface area contributed by atoms with Gasteiger partial charge < -0.3 is 9.13 Å². The van der Waals surface area contributed by atoms with Crippen molar-refractivity contribution < 1.29 is 0 Å². The minimum atomic E-state index is 1.17. The van der Waals surface area contributed by atoms with E-state index in [4.69, 9.17) is 0 Å². The van der Waals surface area contributed by atoms with E-state index in [2.05, 4.69) is 191 Å². The lowest BCUT2D eigenvalue weighted by Gasteiger charge is -2.15. The number of fused-ring (bicyclic) bond motifs is 9. The van der Waals surface area contributed by atoms with E-state index >= 15 is 0 Å². The molecule has 0 spiro atoms. The molecule has 0 amide bonds. The van der Waals surface area contributed by atoms with Crippen molar-refractivity contribution >= 4 is 75.1 Å². The first kappa shape index (κ1) is 28.4. The molecule has 0 unspecified atom stereocenters. The standard InChI is InChI=1S/C48H30N2S/c1-2-13-33(14-3-1)49-41-20-8-6-17-36(41)40-29-31(26-28-44(40)49)32-25-27-37-34-15-4-9-21-42(34)50(45(37)30-32)43-22-10-5-16-35(43)38-19-12-24-47-48(38)39-18-7-11-23-46(39)51-47/h1-30H. The van der Waals surface area contributed by atoms with Gasteiger partial charge in [0.2, 0.25) is 0 Å². The van der Waals surface area contributed by atoms with Crippen LogP contribution < -0.4 is 0 Å². The molecular weight excluding hydrogens is 637 g/mol. The van der Waals surface area contributed by atoms with Crippen LogP contribution in [0.15, 0.2) is 182 Å². The highest BCUT2D eigenvalue weighted by Gasteiger charge is 2.19. The quantitative estimate of drug-likeness (QED) is 0.177. The van der Waals surface area contributed by atoms with Crippen LogP contribution in [0.5, 0.6) is 0 Å². The molecule has 0 N–H and O–H groups in total. The van der Waals surface area contributed by atoms with E-state index in [1.165, 1.54) is 97.4 Å². The molecular formula is C48H30N2S. The zero-order valence-electron chi connectivity index (χ0n) is 27.6. The van der Waals surface area contributed by atoms with Crippen LogP contribution in [0, 0.1) is 0 Å². The number of aromatic nitrogens is 2. The van der Waals surface area contributed by atoms with Gasteiger partial charge in [-0.25, -0.2) is 0 Å². The first-order chi connectivity index (χ1) is 25.3. The molecule has 0 aliphatic carbocycles. The maximum absolute atomic E-state index is 2.48. The van der Waals surface area contributed by atoms with Crippen molar-refractivity contribution in [3.8, 4) is 33.6 Å². The minimum absolute atomic E-state index is 1.17. The number of nitrogens with zero attached hydrogens (tertiary/aromatic N) is 2. The number of thiophene rings is 1. The molecule has 0 radical (unpaired) electrons. The van der Waals surface area contributed by atoms with Gasteiger partial charge in [0.1, 0.15) is 0 Å². The summed E-state index contributed by atoms with van der Waals surface area (Å²) >= 11 is 1.87. The monoisotopic (exact) mass is 666 g/mol. The molecule has 3 aromatic heterocycles. The van der Waals surface area contributed by atoms with Crippen LogP contribution in [0.1, 0.15) is 0 Å².